The number of hydrogen-bond acceptors (Lipinski definition) is 2. The highest BCUT2D eigenvalue weighted by Crippen LogP contribution is 2.13. The molecule has 1 unspecified atom stereocenters. The number of thiazole rings is 1. The summed E-state index contributed by atoms with van der Waals surface area (Å²) in [6.45, 7) is 2.11. The molecule has 0 N–H and O–H groups in total. The highest BCUT2D eigenvalue weighted by Gasteiger charge is 2.02. The van der Waals surface area contributed by atoms with Crippen LogP contribution in [0.25, 0.3) is 0 Å². The first-order valence-electron chi connectivity index (χ1n) is 3.85. The zero-order chi connectivity index (χ0) is 8.10. The lowest BCUT2D eigenvalue weighted by Crippen LogP contribution is -1.97. The molecule has 1 rings (SSSR count). The van der Waals surface area contributed by atoms with Gasteiger partial charge in [0.25, 0.3) is 0 Å². The van der Waals surface area contributed by atoms with Crippen LogP contribution in [-0.4, -0.2) is 10.4 Å². The van der Waals surface area contributed by atoms with Crippen LogP contribution in [0, 0.1) is 0 Å². The van der Waals surface area contributed by atoms with Crippen LogP contribution in [-0.2, 0) is 6.42 Å². The summed E-state index contributed by atoms with van der Waals surface area (Å²) in [4.78, 5) is 4.18. The van der Waals surface area contributed by atoms with E-state index in [1.54, 1.807) is 11.3 Å². The Morgan fingerprint density at radius 3 is 3.09 bits per heavy atom. The van der Waals surface area contributed by atoms with Gasteiger partial charge >= 0.3 is 0 Å². The molecule has 0 amide bonds. The second-order valence-electron chi connectivity index (χ2n) is 2.47. The molecule has 0 fully saturated rings. The predicted molar refractivity (Wildman–Crippen MR) is 50.4 cm³/mol. The van der Waals surface area contributed by atoms with Gasteiger partial charge in [0, 0.05) is 23.4 Å². The fourth-order valence-corrected chi connectivity index (χ4v) is 1.61. The molecule has 0 radical (unpaired) electrons. The van der Waals surface area contributed by atoms with Crippen molar-refractivity contribution in [1.29, 1.82) is 0 Å². The number of aromatic nitrogens is 1. The molecule has 1 aromatic heterocycles. The topological polar surface area (TPSA) is 12.9 Å². The first-order valence-corrected chi connectivity index (χ1v) is 5.17. The highest BCUT2D eigenvalue weighted by atomic mass is 35.5. The summed E-state index contributed by atoms with van der Waals surface area (Å²) in [6.07, 6.45) is 4.97. The summed E-state index contributed by atoms with van der Waals surface area (Å²) in [6, 6.07) is 0. The minimum Gasteiger partial charge on any atom is -0.250 e. The SMILES string of the molecule is CCC(Cl)CCc1nccs1. The van der Waals surface area contributed by atoms with Gasteiger partial charge in [0.1, 0.15) is 0 Å². The van der Waals surface area contributed by atoms with E-state index in [-0.39, 0.29) is 0 Å². The van der Waals surface area contributed by atoms with E-state index in [9.17, 15) is 0 Å². The molecule has 0 aliphatic heterocycles. The van der Waals surface area contributed by atoms with E-state index in [0.29, 0.717) is 5.38 Å². The Bertz CT molecular complexity index is 186. The van der Waals surface area contributed by atoms with Crippen LogP contribution in [0.3, 0.4) is 0 Å². The molecule has 62 valence electrons. The average Bonchev–Trinajstić information content (AvgIpc) is 2.52. The summed E-state index contributed by atoms with van der Waals surface area (Å²) in [5, 5.41) is 3.52. The fourth-order valence-electron chi connectivity index (χ4n) is 0.861. The Morgan fingerprint density at radius 2 is 2.55 bits per heavy atom. The summed E-state index contributed by atoms with van der Waals surface area (Å²) in [5.74, 6) is 0. The number of hydrogen-bond donors (Lipinski definition) is 0. The van der Waals surface area contributed by atoms with Crippen LogP contribution < -0.4 is 0 Å². The number of halogens is 1. The van der Waals surface area contributed by atoms with Crippen molar-refractivity contribution in [2.45, 2.75) is 31.6 Å². The van der Waals surface area contributed by atoms with Gasteiger partial charge in [-0.2, -0.15) is 0 Å². The smallest absolute Gasteiger partial charge is 0.0925 e. The number of alkyl halides is 1. The van der Waals surface area contributed by atoms with Gasteiger partial charge in [0.2, 0.25) is 0 Å². The number of rotatable bonds is 4. The monoisotopic (exact) mass is 189 g/mol. The minimum atomic E-state index is 0.318. The highest BCUT2D eigenvalue weighted by molar-refractivity contribution is 7.09. The molecule has 1 heterocycles. The summed E-state index contributed by atoms with van der Waals surface area (Å²) < 4.78 is 0. The Hall–Kier alpha value is -0.0800. The largest absolute Gasteiger partial charge is 0.250 e. The lowest BCUT2D eigenvalue weighted by molar-refractivity contribution is 0.724. The van der Waals surface area contributed by atoms with E-state index in [2.05, 4.69) is 11.9 Å². The molecule has 0 bridgehead atoms. The first kappa shape index (κ1) is 9.01. The first-order chi connectivity index (χ1) is 5.33. The van der Waals surface area contributed by atoms with E-state index >= 15 is 0 Å². The van der Waals surface area contributed by atoms with Gasteiger partial charge < -0.3 is 0 Å². The van der Waals surface area contributed by atoms with Crippen molar-refractivity contribution in [3.63, 3.8) is 0 Å². The lowest BCUT2D eigenvalue weighted by Gasteiger charge is -2.02. The van der Waals surface area contributed by atoms with Gasteiger partial charge in [-0.1, -0.05) is 6.92 Å². The molecule has 3 heteroatoms. The van der Waals surface area contributed by atoms with Crippen molar-refractivity contribution in [2.24, 2.45) is 0 Å². The van der Waals surface area contributed by atoms with Crippen molar-refractivity contribution >= 4 is 22.9 Å². The summed E-state index contributed by atoms with van der Waals surface area (Å²) >= 11 is 7.66. The van der Waals surface area contributed by atoms with E-state index < -0.39 is 0 Å². The maximum atomic E-state index is 5.96. The quantitative estimate of drug-likeness (QED) is 0.664. The maximum Gasteiger partial charge on any atom is 0.0925 e. The minimum absolute atomic E-state index is 0.318. The summed E-state index contributed by atoms with van der Waals surface area (Å²) in [5.41, 5.74) is 0. The Labute approximate surface area is 76.4 Å². The van der Waals surface area contributed by atoms with E-state index in [1.165, 1.54) is 5.01 Å². The van der Waals surface area contributed by atoms with E-state index in [1.807, 2.05) is 11.6 Å². The molecule has 0 saturated heterocycles. The molecule has 0 aliphatic carbocycles. The van der Waals surface area contributed by atoms with E-state index in [4.69, 9.17) is 11.6 Å². The second kappa shape index (κ2) is 4.73. The van der Waals surface area contributed by atoms with Crippen molar-refractivity contribution in [3.8, 4) is 0 Å². The average molecular weight is 190 g/mol. The molecule has 0 saturated carbocycles. The summed E-state index contributed by atoms with van der Waals surface area (Å²) in [7, 11) is 0. The van der Waals surface area contributed by atoms with Gasteiger partial charge in [0.15, 0.2) is 0 Å². The number of nitrogens with zero attached hydrogens (tertiary/aromatic N) is 1. The second-order valence-corrected chi connectivity index (χ2v) is 4.07. The van der Waals surface area contributed by atoms with Gasteiger partial charge in [-0.25, -0.2) is 4.98 Å². The van der Waals surface area contributed by atoms with Crippen LogP contribution in [0.15, 0.2) is 11.6 Å². The van der Waals surface area contributed by atoms with Gasteiger partial charge in [-0.15, -0.1) is 22.9 Å². The third-order valence-corrected chi connectivity index (χ3v) is 2.96. The lowest BCUT2D eigenvalue weighted by atomic mass is 10.2. The molecular weight excluding hydrogens is 178 g/mol. The van der Waals surface area contributed by atoms with Crippen molar-refractivity contribution in [1.82, 2.24) is 4.98 Å². The third-order valence-electron chi connectivity index (χ3n) is 1.60. The maximum absolute atomic E-state index is 5.96. The van der Waals surface area contributed by atoms with Crippen molar-refractivity contribution in [3.05, 3.63) is 16.6 Å². The standard InChI is InChI=1S/C8H12ClNS/c1-2-7(9)3-4-8-10-5-6-11-8/h5-7H,2-4H2,1H3. The zero-order valence-corrected chi connectivity index (χ0v) is 8.16. The Kier molecular flexibility index (Phi) is 3.87. The Balaban J connectivity index is 2.23. The van der Waals surface area contributed by atoms with Crippen molar-refractivity contribution in [2.75, 3.05) is 0 Å². The molecule has 0 aliphatic rings. The van der Waals surface area contributed by atoms with Gasteiger partial charge in [-0.3, -0.25) is 0 Å². The molecule has 1 atom stereocenters. The van der Waals surface area contributed by atoms with Crippen LogP contribution in [0.2, 0.25) is 0 Å². The molecule has 0 aromatic carbocycles. The van der Waals surface area contributed by atoms with Crippen LogP contribution in [0.4, 0.5) is 0 Å². The van der Waals surface area contributed by atoms with Gasteiger partial charge in [0.05, 0.1) is 5.01 Å². The van der Waals surface area contributed by atoms with E-state index in [0.717, 1.165) is 19.3 Å². The normalized spacial score (nSPS) is 13.3. The van der Waals surface area contributed by atoms with Crippen LogP contribution in [0.1, 0.15) is 24.8 Å². The predicted octanol–water partition coefficient (Wildman–Crippen LogP) is 3.09. The molecule has 1 nitrogen and oxygen atoms in total. The van der Waals surface area contributed by atoms with Crippen LogP contribution >= 0.6 is 22.9 Å². The van der Waals surface area contributed by atoms with Crippen LogP contribution in [0.5, 0.6) is 0 Å². The zero-order valence-electron chi connectivity index (χ0n) is 6.59. The molecule has 0 spiro atoms. The molecular formula is C8H12ClNS. The Morgan fingerprint density at radius 1 is 1.73 bits per heavy atom. The fraction of sp³-hybridized carbons (Fsp3) is 0.625. The number of aryl methyl sites for hydroxylation is 1. The molecule has 11 heavy (non-hydrogen) atoms. The van der Waals surface area contributed by atoms with Crippen molar-refractivity contribution < 1.29 is 0 Å². The van der Waals surface area contributed by atoms with Gasteiger partial charge in [-0.05, 0) is 12.8 Å². The molecule has 1 aromatic rings. The third kappa shape index (κ3) is 3.21.